The minimum atomic E-state index is -0.799. The van der Waals surface area contributed by atoms with Gasteiger partial charge in [-0.05, 0) is 67.9 Å². The number of benzene rings is 2. The van der Waals surface area contributed by atoms with Gasteiger partial charge in [0.05, 0.1) is 6.42 Å². The first kappa shape index (κ1) is 26.2. The number of hydrogen-bond acceptors (Lipinski definition) is 4. The van der Waals surface area contributed by atoms with Crippen LogP contribution < -0.4 is 10.6 Å². The molecule has 9 heteroatoms. The maximum absolute atomic E-state index is 13.2. The molecule has 2 aliphatic rings. The summed E-state index contributed by atoms with van der Waals surface area (Å²) in [4.78, 5) is 53.0. The second-order valence-corrected chi connectivity index (χ2v) is 9.88. The van der Waals surface area contributed by atoms with Crippen molar-refractivity contribution in [3.8, 4) is 0 Å². The molecule has 4 rings (SSSR count). The lowest BCUT2D eigenvalue weighted by Gasteiger charge is -2.35. The number of carboxylic acid groups (broad SMARTS) is 1. The molecular weight excluding hydrogens is 472 g/mol. The van der Waals surface area contributed by atoms with Gasteiger partial charge < -0.3 is 25.5 Å². The van der Waals surface area contributed by atoms with E-state index in [0.29, 0.717) is 44.6 Å². The van der Waals surface area contributed by atoms with Crippen molar-refractivity contribution in [3.63, 3.8) is 0 Å². The maximum Gasteiger partial charge on any atom is 0.323 e. The summed E-state index contributed by atoms with van der Waals surface area (Å²) in [5.41, 5.74) is 3.12. The van der Waals surface area contributed by atoms with Crippen molar-refractivity contribution in [1.82, 2.24) is 9.80 Å². The zero-order chi connectivity index (χ0) is 26.4. The third-order valence-corrected chi connectivity index (χ3v) is 7.21. The minimum Gasteiger partial charge on any atom is -0.481 e. The molecule has 2 fully saturated rings. The van der Waals surface area contributed by atoms with E-state index >= 15 is 0 Å². The number of aliphatic carboxylic acids is 1. The molecule has 0 saturated carbocycles. The third kappa shape index (κ3) is 6.87. The van der Waals surface area contributed by atoms with Crippen LogP contribution in [-0.2, 0) is 20.8 Å². The largest absolute Gasteiger partial charge is 0.481 e. The molecule has 0 spiro atoms. The fraction of sp³-hybridized carbons (Fsp3) is 0.429. The first-order valence-electron chi connectivity index (χ1n) is 12.8. The number of carbonyl (C=O) groups excluding carboxylic acids is 3. The van der Waals surface area contributed by atoms with Gasteiger partial charge in [0.2, 0.25) is 11.8 Å². The molecule has 0 aliphatic carbocycles. The number of likely N-dealkylation sites (tertiary alicyclic amines) is 2. The highest BCUT2D eigenvalue weighted by molar-refractivity contribution is 6.00. The Morgan fingerprint density at radius 1 is 0.919 bits per heavy atom. The molecule has 9 nitrogen and oxygen atoms in total. The van der Waals surface area contributed by atoms with E-state index in [0.717, 1.165) is 23.2 Å². The summed E-state index contributed by atoms with van der Waals surface area (Å²) >= 11 is 0. The summed E-state index contributed by atoms with van der Waals surface area (Å²) in [5, 5.41) is 14.6. The van der Waals surface area contributed by atoms with Crippen LogP contribution in [0.4, 0.5) is 16.2 Å². The normalized spacial score (nSPS) is 17.9. The molecule has 0 unspecified atom stereocenters. The Balaban J connectivity index is 1.28. The van der Waals surface area contributed by atoms with Crippen molar-refractivity contribution >= 4 is 35.2 Å². The van der Waals surface area contributed by atoms with Crippen molar-refractivity contribution in [2.75, 3.05) is 30.3 Å². The van der Waals surface area contributed by atoms with Crippen LogP contribution in [0.25, 0.3) is 0 Å². The number of piperidine rings is 1. The Morgan fingerprint density at radius 3 is 2.30 bits per heavy atom. The molecule has 1 atom stereocenters. The van der Waals surface area contributed by atoms with Gasteiger partial charge in [0.25, 0.3) is 0 Å². The van der Waals surface area contributed by atoms with Gasteiger partial charge in [0.1, 0.15) is 6.04 Å². The minimum absolute atomic E-state index is 0.0289. The predicted molar refractivity (Wildman–Crippen MR) is 140 cm³/mol. The molecule has 3 N–H and O–H groups in total. The molecule has 0 radical (unpaired) electrons. The molecule has 4 amide bonds. The van der Waals surface area contributed by atoms with Gasteiger partial charge in [0.15, 0.2) is 0 Å². The fourth-order valence-corrected chi connectivity index (χ4v) is 5.12. The molecule has 0 aromatic heterocycles. The Labute approximate surface area is 216 Å². The van der Waals surface area contributed by atoms with Crippen molar-refractivity contribution in [1.29, 1.82) is 0 Å². The Kier molecular flexibility index (Phi) is 8.43. The van der Waals surface area contributed by atoms with E-state index in [1.807, 2.05) is 31.2 Å². The topological polar surface area (TPSA) is 119 Å². The van der Waals surface area contributed by atoms with Gasteiger partial charge in [-0.1, -0.05) is 30.3 Å². The smallest absolute Gasteiger partial charge is 0.323 e. The van der Waals surface area contributed by atoms with Gasteiger partial charge in [-0.25, -0.2) is 4.79 Å². The number of carbonyl (C=O) groups is 4. The molecule has 2 saturated heterocycles. The molecule has 2 heterocycles. The van der Waals surface area contributed by atoms with Gasteiger partial charge >= 0.3 is 12.0 Å². The highest BCUT2D eigenvalue weighted by Crippen LogP contribution is 2.25. The van der Waals surface area contributed by atoms with Crippen molar-refractivity contribution in [3.05, 3.63) is 59.7 Å². The molecule has 2 aromatic rings. The average molecular weight is 507 g/mol. The number of anilines is 2. The van der Waals surface area contributed by atoms with Gasteiger partial charge in [0, 0.05) is 37.4 Å². The van der Waals surface area contributed by atoms with Crippen LogP contribution in [-0.4, -0.2) is 64.4 Å². The molecule has 37 heavy (non-hydrogen) atoms. The van der Waals surface area contributed by atoms with Crippen LogP contribution in [0.5, 0.6) is 0 Å². The van der Waals surface area contributed by atoms with E-state index in [4.69, 9.17) is 5.11 Å². The summed E-state index contributed by atoms with van der Waals surface area (Å²) in [7, 11) is 0. The second kappa shape index (κ2) is 11.9. The van der Waals surface area contributed by atoms with Crippen LogP contribution in [0.3, 0.4) is 0 Å². The first-order valence-corrected chi connectivity index (χ1v) is 12.8. The number of rotatable bonds is 7. The fourth-order valence-electron chi connectivity index (χ4n) is 5.12. The van der Waals surface area contributed by atoms with Crippen molar-refractivity contribution in [2.45, 2.75) is 51.5 Å². The lowest BCUT2D eigenvalue weighted by molar-refractivity contribution is -0.145. The first-order chi connectivity index (χ1) is 17.8. The molecule has 196 valence electrons. The zero-order valence-electron chi connectivity index (χ0n) is 21.1. The molecular formula is C28H34N4O5. The number of nitrogens with one attached hydrogen (secondary N) is 2. The Bertz CT molecular complexity index is 1140. The Hall–Kier alpha value is -3.88. The lowest BCUT2D eigenvalue weighted by atomic mass is 9.93. The number of para-hydroxylation sites is 1. The highest BCUT2D eigenvalue weighted by atomic mass is 16.4. The number of amides is 4. The van der Waals surface area contributed by atoms with E-state index in [1.165, 1.54) is 0 Å². The summed E-state index contributed by atoms with van der Waals surface area (Å²) in [6.07, 6.45) is 3.13. The molecule has 2 aliphatic heterocycles. The van der Waals surface area contributed by atoms with Crippen LogP contribution >= 0.6 is 0 Å². The Morgan fingerprint density at radius 2 is 1.62 bits per heavy atom. The maximum atomic E-state index is 13.2. The lowest BCUT2D eigenvalue weighted by Crippen LogP contribution is -2.50. The number of hydrogen-bond donors (Lipinski definition) is 3. The summed E-state index contributed by atoms with van der Waals surface area (Å²) < 4.78 is 0. The zero-order valence-corrected chi connectivity index (χ0v) is 21.1. The van der Waals surface area contributed by atoms with E-state index in [1.54, 1.807) is 34.1 Å². The van der Waals surface area contributed by atoms with Gasteiger partial charge in [-0.2, -0.15) is 0 Å². The number of aryl methyl sites for hydroxylation is 1. The van der Waals surface area contributed by atoms with Crippen LogP contribution in [0.1, 0.15) is 43.2 Å². The number of carboxylic acids is 1. The number of urea groups is 1. The predicted octanol–water partition coefficient (Wildman–Crippen LogP) is 3.89. The molecule has 0 bridgehead atoms. The second-order valence-electron chi connectivity index (χ2n) is 9.88. The highest BCUT2D eigenvalue weighted by Gasteiger charge is 2.37. The van der Waals surface area contributed by atoms with Crippen LogP contribution in [0, 0.1) is 12.8 Å². The van der Waals surface area contributed by atoms with E-state index < -0.39 is 12.0 Å². The van der Waals surface area contributed by atoms with Crippen molar-refractivity contribution < 1.29 is 24.3 Å². The quantitative estimate of drug-likeness (QED) is 0.527. The third-order valence-electron chi connectivity index (χ3n) is 7.21. The van der Waals surface area contributed by atoms with E-state index in [-0.39, 0.29) is 36.6 Å². The SMILES string of the molecule is Cc1ccccc1NC(=O)Nc1ccc(CC(=O)N2CCC[C@H]2C(=O)N2CCC(CC(=O)O)CC2)cc1. The molecule has 2 aromatic carbocycles. The monoisotopic (exact) mass is 506 g/mol. The summed E-state index contributed by atoms with van der Waals surface area (Å²) in [5.74, 6) is -0.811. The van der Waals surface area contributed by atoms with Crippen molar-refractivity contribution in [2.24, 2.45) is 5.92 Å². The number of nitrogens with zero attached hydrogens (tertiary/aromatic N) is 2. The summed E-state index contributed by atoms with van der Waals surface area (Å²) in [6, 6.07) is 13.9. The van der Waals surface area contributed by atoms with Crippen LogP contribution in [0.15, 0.2) is 48.5 Å². The average Bonchev–Trinajstić information content (AvgIpc) is 3.37. The van der Waals surface area contributed by atoms with Gasteiger partial charge in [-0.3, -0.25) is 14.4 Å². The standard InChI is InChI=1S/C28H34N4O5/c1-19-5-2-3-6-23(19)30-28(37)29-22-10-8-20(9-11-22)17-25(33)32-14-4-7-24(32)27(36)31-15-12-21(13-16-31)18-26(34)35/h2-3,5-6,8-11,21,24H,4,7,12-18H2,1H3,(H,34,35)(H2,29,30,37)/t24-/m0/s1. The summed E-state index contributed by atoms with van der Waals surface area (Å²) in [6.45, 7) is 3.57. The van der Waals surface area contributed by atoms with E-state index in [9.17, 15) is 19.2 Å². The van der Waals surface area contributed by atoms with Gasteiger partial charge in [-0.15, -0.1) is 0 Å². The van der Waals surface area contributed by atoms with E-state index in [2.05, 4.69) is 10.6 Å². The van der Waals surface area contributed by atoms with Crippen LogP contribution in [0.2, 0.25) is 0 Å².